The molecule has 0 amide bonds. The molecule has 7 nitrogen and oxygen atoms in total. The van der Waals surface area contributed by atoms with Crippen LogP contribution in [0.25, 0.3) is 11.2 Å². The van der Waals surface area contributed by atoms with Crippen LogP contribution in [0.1, 0.15) is 20.3 Å². The highest BCUT2D eigenvalue weighted by Gasteiger charge is 2.08. The number of aromatic nitrogens is 4. The summed E-state index contributed by atoms with van der Waals surface area (Å²) in [5.41, 5.74) is 6.06. The molecule has 0 fully saturated rings. The van der Waals surface area contributed by atoms with Gasteiger partial charge in [-0.25, -0.2) is 4.98 Å². The lowest BCUT2D eigenvalue weighted by atomic mass is 10.4. The van der Waals surface area contributed by atoms with Gasteiger partial charge >= 0.3 is 0 Å². The van der Waals surface area contributed by atoms with Gasteiger partial charge in [0, 0.05) is 6.54 Å². The van der Waals surface area contributed by atoms with Crippen LogP contribution in [-0.4, -0.2) is 33.1 Å². The SMILES string of the molecule is CC#CC.CNCCCn1cnc2c(=O)[nH]c(N)nc21. The van der Waals surface area contributed by atoms with Crippen LogP contribution < -0.4 is 16.6 Å². The van der Waals surface area contributed by atoms with Crippen LogP contribution in [0.15, 0.2) is 11.1 Å². The molecule has 0 aliphatic rings. The second-order valence-electron chi connectivity index (χ2n) is 4.02. The minimum Gasteiger partial charge on any atom is -0.369 e. The molecule has 0 spiro atoms. The van der Waals surface area contributed by atoms with Gasteiger partial charge in [0.05, 0.1) is 6.33 Å². The van der Waals surface area contributed by atoms with Crippen molar-refractivity contribution in [3.63, 3.8) is 0 Å². The van der Waals surface area contributed by atoms with Crippen molar-refractivity contribution in [2.45, 2.75) is 26.8 Å². The summed E-state index contributed by atoms with van der Waals surface area (Å²) in [5.74, 6) is 5.48. The zero-order chi connectivity index (χ0) is 15.0. The van der Waals surface area contributed by atoms with E-state index in [-0.39, 0.29) is 11.5 Å². The first-order chi connectivity index (χ1) is 9.63. The van der Waals surface area contributed by atoms with Crippen molar-refractivity contribution < 1.29 is 0 Å². The molecule has 7 heteroatoms. The van der Waals surface area contributed by atoms with Crippen LogP contribution >= 0.6 is 0 Å². The van der Waals surface area contributed by atoms with Crippen LogP contribution in [-0.2, 0) is 6.54 Å². The lowest BCUT2D eigenvalue weighted by molar-refractivity contribution is 0.621. The number of hydrogen-bond donors (Lipinski definition) is 3. The Hall–Kier alpha value is -2.33. The number of fused-ring (bicyclic) bond motifs is 1. The molecular formula is C13H20N6O. The first-order valence-corrected chi connectivity index (χ1v) is 6.32. The van der Waals surface area contributed by atoms with Crippen molar-refractivity contribution in [1.29, 1.82) is 0 Å². The molecule has 2 aromatic rings. The lowest BCUT2D eigenvalue weighted by Crippen LogP contribution is -2.13. The number of H-pyrrole nitrogens is 1. The summed E-state index contributed by atoms with van der Waals surface area (Å²) in [6.45, 7) is 5.30. The smallest absolute Gasteiger partial charge is 0.280 e. The van der Waals surface area contributed by atoms with Crippen molar-refractivity contribution in [2.75, 3.05) is 19.3 Å². The zero-order valence-electron chi connectivity index (χ0n) is 12.0. The van der Waals surface area contributed by atoms with Gasteiger partial charge in [-0.1, -0.05) is 0 Å². The molecule has 0 unspecified atom stereocenters. The number of imidazole rings is 1. The summed E-state index contributed by atoms with van der Waals surface area (Å²) < 4.78 is 1.83. The topological polar surface area (TPSA) is 102 Å². The Kier molecular flexibility index (Phi) is 6.26. The van der Waals surface area contributed by atoms with Gasteiger partial charge in [0.25, 0.3) is 5.56 Å². The summed E-state index contributed by atoms with van der Waals surface area (Å²) in [4.78, 5) is 22.0. The van der Waals surface area contributed by atoms with E-state index in [0.29, 0.717) is 11.2 Å². The molecule has 0 aliphatic carbocycles. The molecule has 20 heavy (non-hydrogen) atoms. The Morgan fingerprint density at radius 3 is 2.75 bits per heavy atom. The summed E-state index contributed by atoms with van der Waals surface area (Å²) >= 11 is 0. The Labute approximate surface area is 117 Å². The van der Waals surface area contributed by atoms with Gasteiger partial charge in [0.2, 0.25) is 5.95 Å². The van der Waals surface area contributed by atoms with E-state index >= 15 is 0 Å². The molecule has 0 saturated heterocycles. The van der Waals surface area contributed by atoms with Gasteiger partial charge in [0.15, 0.2) is 11.2 Å². The van der Waals surface area contributed by atoms with Gasteiger partial charge in [-0.3, -0.25) is 9.78 Å². The van der Waals surface area contributed by atoms with Gasteiger partial charge in [-0.2, -0.15) is 4.98 Å². The van der Waals surface area contributed by atoms with E-state index in [1.807, 2.05) is 25.5 Å². The number of nitrogens with one attached hydrogen (secondary N) is 2. The number of aromatic amines is 1. The van der Waals surface area contributed by atoms with E-state index < -0.39 is 0 Å². The maximum Gasteiger partial charge on any atom is 0.280 e. The van der Waals surface area contributed by atoms with Gasteiger partial charge in [-0.05, 0) is 33.9 Å². The molecule has 2 heterocycles. The summed E-state index contributed by atoms with van der Waals surface area (Å²) in [6, 6.07) is 0. The van der Waals surface area contributed by atoms with Crippen molar-refractivity contribution in [2.24, 2.45) is 0 Å². The largest absolute Gasteiger partial charge is 0.369 e. The molecule has 0 saturated carbocycles. The number of hydrogen-bond acceptors (Lipinski definition) is 5. The molecule has 2 aromatic heterocycles. The first-order valence-electron chi connectivity index (χ1n) is 6.32. The van der Waals surface area contributed by atoms with Crippen LogP contribution in [0.5, 0.6) is 0 Å². The normalized spacial score (nSPS) is 9.55. The molecular weight excluding hydrogens is 256 g/mol. The minimum atomic E-state index is -0.296. The third-order valence-corrected chi connectivity index (χ3v) is 2.57. The van der Waals surface area contributed by atoms with E-state index in [0.717, 1.165) is 19.5 Å². The number of anilines is 1. The van der Waals surface area contributed by atoms with Crippen LogP contribution in [0.3, 0.4) is 0 Å². The van der Waals surface area contributed by atoms with E-state index in [2.05, 4.69) is 32.1 Å². The van der Waals surface area contributed by atoms with Crippen LogP contribution in [0, 0.1) is 11.8 Å². The monoisotopic (exact) mass is 276 g/mol. The fraction of sp³-hybridized carbons (Fsp3) is 0.462. The predicted octanol–water partition coefficient (Wildman–Crippen LogP) is 0.341. The van der Waals surface area contributed by atoms with E-state index in [9.17, 15) is 4.79 Å². The molecule has 0 aliphatic heterocycles. The van der Waals surface area contributed by atoms with Gasteiger partial charge in [-0.15, -0.1) is 11.8 Å². The average molecular weight is 276 g/mol. The third-order valence-electron chi connectivity index (χ3n) is 2.57. The third kappa shape index (κ3) is 4.10. The van der Waals surface area contributed by atoms with Crippen molar-refractivity contribution >= 4 is 17.1 Å². The maximum atomic E-state index is 11.5. The number of rotatable bonds is 4. The highest BCUT2D eigenvalue weighted by molar-refractivity contribution is 5.70. The lowest BCUT2D eigenvalue weighted by Gasteiger charge is -2.02. The first kappa shape index (κ1) is 15.7. The molecule has 0 bridgehead atoms. The molecule has 0 atom stereocenters. The molecule has 4 N–H and O–H groups in total. The molecule has 2 rings (SSSR count). The minimum absolute atomic E-state index is 0.118. The van der Waals surface area contributed by atoms with Crippen LogP contribution in [0.4, 0.5) is 5.95 Å². The summed E-state index contributed by atoms with van der Waals surface area (Å²) in [6.07, 6.45) is 2.55. The predicted molar refractivity (Wildman–Crippen MR) is 80.2 cm³/mol. The second-order valence-corrected chi connectivity index (χ2v) is 4.02. The van der Waals surface area contributed by atoms with E-state index in [1.165, 1.54) is 0 Å². The Morgan fingerprint density at radius 1 is 1.45 bits per heavy atom. The van der Waals surface area contributed by atoms with Gasteiger partial charge in [0.1, 0.15) is 0 Å². The molecule has 0 radical (unpaired) electrons. The fourth-order valence-electron chi connectivity index (χ4n) is 1.56. The summed E-state index contributed by atoms with van der Waals surface area (Å²) in [5, 5.41) is 3.05. The fourth-order valence-corrected chi connectivity index (χ4v) is 1.56. The van der Waals surface area contributed by atoms with Crippen LogP contribution in [0.2, 0.25) is 0 Å². The number of nitrogen functional groups attached to an aromatic ring is 1. The zero-order valence-corrected chi connectivity index (χ0v) is 12.0. The number of aryl methyl sites for hydroxylation is 1. The van der Waals surface area contributed by atoms with Gasteiger partial charge < -0.3 is 15.6 Å². The second kappa shape index (κ2) is 7.96. The van der Waals surface area contributed by atoms with Crippen molar-refractivity contribution in [1.82, 2.24) is 24.8 Å². The maximum absolute atomic E-state index is 11.5. The van der Waals surface area contributed by atoms with E-state index in [1.54, 1.807) is 6.33 Å². The number of nitrogens with two attached hydrogens (primary N) is 1. The average Bonchev–Trinajstić information content (AvgIpc) is 2.83. The van der Waals surface area contributed by atoms with Crippen molar-refractivity contribution in [3.8, 4) is 11.8 Å². The molecule has 108 valence electrons. The highest BCUT2D eigenvalue weighted by atomic mass is 16.1. The van der Waals surface area contributed by atoms with Crippen molar-refractivity contribution in [3.05, 3.63) is 16.7 Å². The Bertz CT molecular complexity index is 655. The quantitative estimate of drug-likeness (QED) is 0.552. The summed E-state index contributed by atoms with van der Waals surface area (Å²) in [7, 11) is 1.90. The molecule has 0 aromatic carbocycles. The Morgan fingerprint density at radius 2 is 2.15 bits per heavy atom. The highest BCUT2D eigenvalue weighted by Crippen LogP contribution is 2.06. The number of nitrogens with zero attached hydrogens (tertiary/aromatic N) is 3. The van der Waals surface area contributed by atoms with E-state index in [4.69, 9.17) is 5.73 Å². The standard InChI is InChI=1S/C9H14N6O.C4H6/c1-11-3-2-4-15-5-12-6-7(15)13-9(10)14-8(6)16;1-3-4-2/h5,11H,2-4H2,1H3,(H3,10,13,14,16);1-2H3. The Balaban J connectivity index is 0.000000444.